The fraction of sp³-hybridized carbons (Fsp3) is 0.444. The Balaban J connectivity index is 2.47. The Morgan fingerprint density at radius 2 is 2.36 bits per heavy atom. The first-order valence-corrected chi connectivity index (χ1v) is 5.99. The second-order valence-electron chi connectivity index (χ2n) is 2.92. The smallest absolute Gasteiger partial charge is 0.244 e. The molecule has 0 aliphatic carbocycles. The second kappa shape index (κ2) is 5.98. The monoisotopic (exact) mass is 213 g/mol. The van der Waals surface area contributed by atoms with Gasteiger partial charge in [-0.15, -0.1) is 0 Å². The van der Waals surface area contributed by atoms with Crippen molar-refractivity contribution in [3.05, 3.63) is 23.9 Å². The van der Waals surface area contributed by atoms with Gasteiger partial charge in [-0.25, -0.2) is 4.98 Å². The molecule has 3 N–H and O–H groups in total. The molecule has 0 amide bonds. The molecule has 14 heavy (non-hydrogen) atoms. The number of aromatic nitrogens is 1. The summed E-state index contributed by atoms with van der Waals surface area (Å²) >= 11 is -0.996. The number of nitrogens with two attached hydrogens (primary N) is 1. The minimum Gasteiger partial charge on any atom is -0.610 e. The van der Waals surface area contributed by atoms with E-state index < -0.39 is 11.2 Å². The molecule has 5 heteroatoms. The maximum absolute atomic E-state index is 11.0. The quantitative estimate of drug-likeness (QED) is 0.528. The lowest BCUT2D eigenvalue weighted by molar-refractivity contribution is 0.597. The number of hydrogen-bond acceptors (Lipinski definition) is 4. The van der Waals surface area contributed by atoms with Crippen molar-refractivity contribution in [1.82, 2.24) is 10.3 Å². The Kier molecular flexibility index (Phi) is 4.89. The zero-order valence-corrected chi connectivity index (χ0v) is 9.01. The van der Waals surface area contributed by atoms with E-state index in [4.69, 9.17) is 5.73 Å². The molecule has 1 aromatic rings. The van der Waals surface area contributed by atoms with Crippen LogP contribution >= 0.6 is 0 Å². The minimum atomic E-state index is -0.996. The first kappa shape index (κ1) is 11.5. The number of rotatable bonds is 5. The summed E-state index contributed by atoms with van der Waals surface area (Å²) in [4.78, 5) is 4.09. The van der Waals surface area contributed by atoms with E-state index in [0.29, 0.717) is 11.6 Å². The first-order valence-electron chi connectivity index (χ1n) is 4.43. The van der Waals surface area contributed by atoms with E-state index >= 15 is 0 Å². The van der Waals surface area contributed by atoms with Crippen LogP contribution in [0.25, 0.3) is 0 Å². The third kappa shape index (κ3) is 3.63. The van der Waals surface area contributed by atoms with Crippen molar-refractivity contribution in [2.75, 3.05) is 19.3 Å². The van der Waals surface area contributed by atoms with Crippen molar-refractivity contribution in [3.63, 3.8) is 0 Å². The Hall–Kier alpha value is -0.620. The summed E-state index contributed by atoms with van der Waals surface area (Å²) in [6, 6.07) is 3.71. The van der Waals surface area contributed by atoms with Gasteiger partial charge in [-0.3, -0.25) is 0 Å². The molecule has 0 aliphatic heterocycles. The normalized spacial score (nSPS) is 12.8. The third-order valence-electron chi connectivity index (χ3n) is 1.74. The third-order valence-corrected chi connectivity index (χ3v) is 2.57. The maximum atomic E-state index is 11.0. The molecule has 0 aromatic carbocycles. The summed E-state index contributed by atoms with van der Waals surface area (Å²) in [5, 5.41) is 3.78. The predicted octanol–water partition coefficient (Wildman–Crippen LogP) is -0.133. The Bertz CT molecular complexity index is 263. The van der Waals surface area contributed by atoms with Gasteiger partial charge in [0, 0.05) is 43.1 Å². The minimum absolute atomic E-state index is 0.618. The van der Waals surface area contributed by atoms with Crippen molar-refractivity contribution in [2.24, 2.45) is 5.73 Å². The molecule has 0 saturated heterocycles. The lowest BCUT2D eigenvalue weighted by Gasteiger charge is -2.05. The number of nitrogens with zero attached hydrogens (tertiary/aromatic N) is 1. The lowest BCUT2D eigenvalue weighted by atomic mass is 10.3. The highest BCUT2D eigenvalue weighted by Gasteiger charge is 2.04. The molecule has 78 valence electrons. The van der Waals surface area contributed by atoms with E-state index in [9.17, 15) is 4.55 Å². The average molecular weight is 213 g/mol. The second-order valence-corrected chi connectivity index (χ2v) is 4.25. The van der Waals surface area contributed by atoms with Crippen LogP contribution in [0.2, 0.25) is 0 Å². The highest BCUT2D eigenvalue weighted by molar-refractivity contribution is 7.90. The Labute approximate surface area is 87.1 Å². The molecule has 0 radical (unpaired) electrons. The fourth-order valence-corrected chi connectivity index (χ4v) is 1.48. The summed E-state index contributed by atoms with van der Waals surface area (Å²) in [7, 11) is 0. The molecular formula is C9H15N3OS. The molecule has 1 atom stereocenters. The number of pyridine rings is 1. The zero-order chi connectivity index (χ0) is 10.4. The molecule has 0 bridgehead atoms. The van der Waals surface area contributed by atoms with Crippen molar-refractivity contribution >= 4 is 11.2 Å². The summed E-state index contributed by atoms with van der Waals surface area (Å²) in [5.74, 6) is 0. The molecule has 0 saturated carbocycles. The predicted molar refractivity (Wildman–Crippen MR) is 57.3 cm³/mol. The van der Waals surface area contributed by atoms with Crippen LogP contribution in [0.1, 0.15) is 5.56 Å². The summed E-state index contributed by atoms with van der Waals surface area (Å²) in [6.45, 7) is 2.17. The van der Waals surface area contributed by atoms with Gasteiger partial charge in [-0.1, -0.05) is 0 Å². The Morgan fingerprint density at radius 1 is 1.57 bits per heavy atom. The van der Waals surface area contributed by atoms with E-state index in [1.54, 1.807) is 18.5 Å². The van der Waals surface area contributed by atoms with Crippen molar-refractivity contribution in [1.29, 1.82) is 0 Å². The van der Waals surface area contributed by atoms with Gasteiger partial charge in [0.1, 0.15) is 6.26 Å². The van der Waals surface area contributed by atoms with Crippen LogP contribution in [-0.2, 0) is 17.7 Å². The van der Waals surface area contributed by atoms with Gasteiger partial charge in [-0.2, -0.15) is 0 Å². The van der Waals surface area contributed by atoms with Gasteiger partial charge in [0.05, 0.1) is 0 Å². The van der Waals surface area contributed by atoms with Crippen molar-refractivity contribution in [2.45, 2.75) is 11.6 Å². The van der Waals surface area contributed by atoms with Gasteiger partial charge in [0.25, 0.3) is 0 Å². The first-order chi connectivity index (χ1) is 6.74. The summed E-state index contributed by atoms with van der Waals surface area (Å²) in [5.41, 5.74) is 6.41. The van der Waals surface area contributed by atoms with Crippen LogP contribution in [0.5, 0.6) is 0 Å². The lowest BCUT2D eigenvalue weighted by Crippen LogP contribution is -2.21. The van der Waals surface area contributed by atoms with E-state index in [1.165, 1.54) is 0 Å². The maximum Gasteiger partial charge on any atom is 0.244 e. The summed E-state index contributed by atoms with van der Waals surface area (Å²) < 4.78 is 11.0. The number of nitrogens with one attached hydrogen (secondary N) is 1. The largest absolute Gasteiger partial charge is 0.610 e. The van der Waals surface area contributed by atoms with Crippen molar-refractivity contribution in [3.8, 4) is 0 Å². The van der Waals surface area contributed by atoms with E-state index in [0.717, 1.165) is 18.7 Å². The van der Waals surface area contributed by atoms with Crippen LogP contribution in [0.15, 0.2) is 23.4 Å². The molecule has 1 unspecified atom stereocenters. The fourth-order valence-electron chi connectivity index (χ4n) is 1.02. The van der Waals surface area contributed by atoms with Gasteiger partial charge in [-0.05, 0) is 11.6 Å². The molecule has 0 fully saturated rings. The van der Waals surface area contributed by atoms with Crippen LogP contribution in [-0.4, -0.2) is 28.9 Å². The zero-order valence-electron chi connectivity index (χ0n) is 8.19. The molecule has 4 nitrogen and oxygen atoms in total. The highest BCUT2D eigenvalue weighted by Crippen LogP contribution is 2.05. The van der Waals surface area contributed by atoms with E-state index in [-0.39, 0.29) is 0 Å². The van der Waals surface area contributed by atoms with Gasteiger partial charge in [0.2, 0.25) is 5.03 Å². The SMILES string of the molecule is C[S+]([O-])c1ccc(CNCCN)cn1. The van der Waals surface area contributed by atoms with Gasteiger partial charge >= 0.3 is 0 Å². The molecule has 1 aromatic heterocycles. The van der Waals surface area contributed by atoms with E-state index in [2.05, 4.69) is 10.3 Å². The molecule has 0 aliphatic rings. The standard InChI is InChI=1S/C9H15N3OS/c1-14(13)9-3-2-8(7-12-9)6-11-5-4-10/h2-3,7,11H,4-6,10H2,1H3. The highest BCUT2D eigenvalue weighted by atomic mass is 32.2. The van der Waals surface area contributed by atoms with Gasteiger partial charge < -0.3 is 15.6 Å². The Morgan fingerprint density at radius 3 is 2.86 bits per heavy atom. The van der Waals surface area contributed by atoms with Crippen LogP contribution in [0.4, 0.5) is 0 Å². The molecule has 0 spiro atoms. The van der Waals surface area contributed by atoms with Crippen LogP contribution < -0.4 is 11.1 Å². The van der Waals surface area contributed by atoms with E-state index in [1.807, 2.05) is 6.07 Å². The topological polar surface area (TPSA) is 74.0 Å². The van der Waals surface area contributed by atoms with Crippen LogP contribution in [0.3, 0.4) is 0 Å². The average Bonchev–Trinajstić information content (AvgIpc) is 2.19. The molecular weight excluding hydrogens is 198 g/mol. The van der Waals surface area contributed by atoms with Gasteiger partial charge in [0.15, 0.2) is 0 Å². The molecule has 1 heterocycles. The van der Waals surface area contributed by atoms with Crippen LogP contribution in [0, 0.1) is 0 Å². The number of hydrogen-bond donors (Lipinski definition) is 2. The summed E-state index contributed by atoms with van der Waals surface area (Å²) in [6.07, 6.45) is 3.36. The molecule has 1 rings (SSSR count). The van der Waals surface area contributed by atoms with Crippen molar-refractivity contribution < 1.29 is 4.55 Å².